The SMILES string of the molecule is Fc1cc2nc3c(c(Cl)c2c(F)c1F)COCC3. The van der Waals surface area contributed by atoms with E-state index in [0.29, 0.717) is 24.3 Å². The first-order chi connectivity index (χ1) is 8.59. The van der Waals surface area contributed by atoms with Gasteiger partial charge in [0.2, 0.25) is 0 Å². The molecule has 0 radical (unpaired) electrons. The summed E-state index contributed by atoms with van der Waals surface area (Å²) in [6, 6.07) is 0.857. The van der Waals surface area contributed by atoms with Gasteiger partial charge >= 0.3 is 0 Å². The number of rotatable bonds is 0. The predicted octanol–water partition coefficient (Wildman–Crippen LogP) is 3.38. The Labute approximate surface area is 105 Å². The third-order valence-corrected chi connectivity index (χ3v) is 3.38. The van der Waals surface area contributed by atoms with Crippen molar-refractivity contribution >= 4 is 22.5 Å². The normalized spacial score (nSPS) is 14.9. The lowest BCUT2D eigenvalue weighted by Crippen LogP contribution is -2.13. The first-order valence-electron chi connectivity index (χ1n) is 5.31. The summed E-state index contributed by atoms with van der Waals surface area (Å²) in [5, 5.41) is -0.147. The van der Waals surface area contributed by atoms with E-state index in [2.05, 4.69) is 4.98 Å². The second kappa shape index (κ2) is 4.10. The summed E-state index contributed by atoms with van der Waals surface area (Å²) in [4.78, 5) is 4.13. The zero-order chi connectivity index (χ0) is 12.9. The molecule has 1 aromatic carbocycles. The van der Waals surface area contributed by atoms with Crippen molar-refractivity contribution in [1.29, 1.82) is 0 Å². The molecule has 0 fully saturated rings. The molecule has 0 unspecified atom stereocenters. The Hall–Kier alpha value is -1.33. The Morgan fingerprint density at radius 3 is 2.78 bits per heavy atom. The molecule has 6 heteroatoms. The lowest BCUT2D eigenvalue weighted by atomic mass is 10.1. The summed E-state index contributed by atoms with van der Waals surface area (Å²) < 4.78 is 45.3. The molecule has 1 aliphatic rings. The van der Waals surface area contributed by atoms with Crippen molar-refractivity contribution in [1.82, 2.24) is 4.98 Å². The fourth-order valence-corrected chi connectivity index (χ4v) is 2.41. The third kappa shape index (κ3) is 1.58. The standard InChI is InChI=1S/C12H7ClF3NO/c13-10-5-4-18-2-1-7(5)17-8-3-6(14)11(15)12(16)9(8)10/h3H,1-2,4H2. The number of fused-ring (bicyclic) bond motifs is 2. The third-order valence-electron chi connectivity index (χ3n) is 2.96. The molecule has 0 spiro atoms. The lowest BCUT2D eigenvalue weighted by molar-refractivity contribution is 0.109. The van der Waals surface area contributed by atoms with Crippen LogP contribution < -0.4 is 0 Å². The summed E-state index contributed by atoms with van der Waals surface area (Å²) >= 11 is 6.04. The van der Waals surface area contributed by atoms with Crippen molar-refractivity contribution in [2.75, 3.05) is 6.61 Å². The minimum Gasteiger partial charge on any atom is -0.376 e. The molecule has 0 aliphatic carbocycles. The van der Waals surface area contributed by atoms with Crippen LogP contribution in [0.25, 0.3) is 10.9 Å². The molecule has 0 amide bonds. The molecule has 0 bridgehead atoms. The van der Waals surface area contributed by atoms with Crippen LogP contribution in [-0.2, 0) is 17.8 Å². The summed E-state index contributed by atoms with van der Waals surface area (Å²) in [5.74, 6) is -4.12. The zero-order valence-corrected chi connectivity index (χ0v) is 9.82. The average molecular weight is 274 g/mol. The number of ether oxygens (including phenoxy) is 1. The van der Waals surface area contributed by atoms with Crippen LogP contribution in [0.5, 0.6) is 0 Å². The van der Waals surface area contributed by atoms with Gasteiger partial charge in [0.05, 0.1) is 34.8 Å². The molecule has 0 saturated carbocycles. The maximum absolute atomic E-state index is 13.7. The Morgan fingerprint density at radius 2 is 2.00 bits per heavy atom. The van der Waals surface area contributed by atoms with Crippen molar-refractivity contribution in [2.24, 2.45) is 0 Å². The van der Waals surface area contributed by atoms with Crippen LogP contribution in [-0.4, -0.2) is 11.6 Å². The van der Waals surface area contributed by atoms with Gasteiger partial charge in [0.15, 0.2) is 17.5 Å². The number of hydrogen-bond donors (Lipinski definition) is 0. The highest BCUT2D eigenvalue weighted by molar-refractivity contribution is 6.36. The second-order valence-electron chi connectivity index (χ2n) is 4.03. The highest BCUT2D eigenvalue weighted by atomic mass is 35.5. The smallest absolute Gasteiger partial charge is 0.195 e. The molecule has 94 valence electrons. The molecule has 18 heavy (non-hydrogen) atoms. The highest BCUT2D eigenvalue weighted by Crippen LogP contribution is 2.34. The first kappa shape index (κ1) is 11.7. The average Bonchev–Trinajstić information content (AvgIpc) is 2.36. The van der Waals surface area contributed by atoms with E-state index in [-0.39, 0.29) is 22.5 Å². The molecular formula is C12H7ClF3NO. The highest BCUT2D eigenvalue weighted by Gasteiger charge is 2.23. The Morgan fingerprint density at radius 1 is 1.22 bits per heavy atom. The molecule has 0 N–H and O–H groups in total. The predicted molar refractivity (Wildman–Crippen MR) is 60.0 cm³/mol. The van der Waals surface area contributed by atoms with E-state index in [9.17, 15) is 13.2 Å². The van der Waals surface area contributed by atoms with Crippen LogP contribution >= 0.6 is 11.6 Å². The van der Waals surface area contributed by atoms with E-state index in [4.69, 9.17) is 16.3 Å². The topological polar surface area (TPSA) is 22.1 Å². The van der Waals surface area contributed by atoms with Crippen molar-refractivity contribution in [2.45, 2.75) is 13.0 Å². The number of benzene rings is 1. The number of aromatic nitrogens is 1. The molecular weight excluding hydrogens is 267 g/mol. The van der Waals surface area contributed by atoms with Crippen LogP contribution in [0.15, 0.2) is 6.07 Å². The Bertz CT molecular complexity index is 660. The van der Waals surface area contributed by atoms with Crippen LogP contribution in [0.1, 0.15) is 11.3 Å². The van der Waals surface area contributed by atoms with Crippen molar-refractivity contribution in [3.05, 3.63) is 39.8 Å². The van der Waals surface area contributed by atoms with Gasteiger partial charge in [-0.3, -0.25) is 4.98 Å². The lowest BCUT2D eigenvalue weighted by Gasteiger charge is -2.18. The number of halogens is 4. The Balaban J connectivity index is 2.43. The van der Waals surface area contributed by atoms with Crippen LogP contribution in [0.2, 0.25) is 5.02 Å². The molecule has 1 aliphatic heterocycles. The first-order valence-corrected chi connectivity index (χ1v) is 5.69. The van der Waals surface area contributed by atoms with E-state index in [1.807, 2.05) is 0 Å². The summed E-state index contributed by atoms with van der Waals surface area (Å²) in [6.07, 6.45) is 0.519. The molecule has 1 aromatic heterocycles. The monoisotopic (exact) mass is 273 g/mol. The van der Waals surface area contributed by atoms with Gasteiger partial charge in [-0.05, 0) is 0 Å². The fraction of sp³-hybridized carbons (Fsp3) is 0.250. The molecule has 2 nitrogen and oxygen atoms in total. The minimum atomic E-state index is -1.54. The van der Waals surface area contributed by atoms with Gasteiger partial charge in [0, 0.05) is 18.1 Å². The Kier molecular flexibility index (Phi) is 2.68. The number of nitrogens with zero attached hydrogens (tertiary/aromatic N) is 1. The molecule has 2 heterocycles. The van der Waals surface area contributed by atoms with Crippen LogP contribution in [0.4, 0.5) is 13.2 Å². The van der Waals surface area contributed by atoms with Crippen LogP contribution in [0.3, 0.4) is 0 Å². The maximum atomic E-state index is 13.7. The largest absolute Gasteiger partial charge is 0.376 e. The second-order valence-corrected chi connectivity index (χ2v) is 4.41. The van der Waals surface area contributed by atoms with Gasteiger partial charge in [0.1, 0.15) is 0 Å². The summed E-state index contributed by atoms with van der Waals surface area (Å²) in [5.41, 5.74) is 1.21. The number of pyridine rings is 1. The zero-order valence-electron chi connectivity index (χ0n) is 9.07. The van der Waals surface area contributed by atoms with E-state index in [1.165, 1.54) is 0 Å². The van der Waals surface area contributed by atoms with Crippen molar-refractivity contribution < 1.29 is 17.9 Å². The quantitative estimate of drug-likeness (QED) is 0.687. The minimum absolute atomic E-state index is 0.0250. The molecule has 0 saturated heterocycles. The fourth-order valence-electron chi connectivity index (χ4n) is 2.07. The van der Waals surface area contributed by atoms with E-state index in [1.54, 1.807) is 0 Å². The molecule has 0 atom stereocenters. The number of hydrogen-bond acceptors (Lipinski definition) is 2. The van der Waals surface area contributed by atoms with Gasteiger partial charge in [-0.25, -0.2) is 13.2 Å². The maximum Gasteiger partial charge on any atom is 0.195 e. The van der Waals surface area contributed by atoms with Gasteiger partial charge in [-0.1, -0.05) is 11.6 Å². The van der Waals surface area contributed by atoms with Gasteiger partial charge < -0.3 is 4.74 Å². The van der Waals surface area contributed by atoms with Gasteiger partial charge in [0.25, 0.3) is 0 Å². The van der Waals surface area contributed by atoms with Crippen LogP contribution in [0, 0.1) is 17.5 Å². The summed E-state index contributed by atoms with van der Waals surface area (Å²) in [7, 11) is 0. The summed E-state index contributed by atoms with van der Waals surface area (Å²) in [6.45, 7) is 0.684. The molecule has 3 rings (SSSR count). The van der Waals surface area contributed by atoms with Crippen molar-refractivity contribution in [3.8, 4) is 0 Å². The van der Waals surface area contributed by atoms with E-state index in [0.717, 1.165) is 6.07 Å². The van der Waals surface area contributed by atoms with Gasteiger partial charge in [-0.2, -0.15) is 0 Å². The van der Waals surface area contributed by atoms with E-state index >= 15 is 0 Å². The molecule has 2 aromatic rings. The van der Waals surface area contributed by atoms with Gasteiger partial charge in [-0.15, -0.1) is 0 Å². The van der Waals surface area contributed by atoms with E-state index < -0.39 is 17.5 Å². The van der Waals surface area contributed by atoms with Crippen molar-refractivity contribution in [3.63, 3.8) is 0 Å².